The van der Waals surface area contributed by atoms with Gasteiger partial charge in [-0.3, -0.25) is 4.79 Å². The number of aryl methyl sites for hydroxylation is 1. The number of amides is 1. The van der Waals surface area contributed by atoms with Crippen molar-refractivity contribution < 1.29 is 18.0 Å². The summed E-state index contributed by atoms with van der Waals surface area (Å²) < 4.78 is 38.3. The van der Waals surface area contributed by atoms with E-state index in [4.69, 9.17) is 0 Å². The van der Waals surface area contributed by atoms with Gasteiger partial charge in [0.1, 0.15) is 9.88 Å². The Balaban J connectivity index is 1.53. The van der Waals surface area contributed by atoms with E-state index in [1.54, 1.807) is 24.5 Å². The third kappa shape index (κ3) is 4.20. The van der Waals surface area contributed by atoms with Crippen LogP contribution < -0.4 is 0 Å². The van der Waals surface area contributed by atoms with Crippen molar-refractivity contribution in [3.63, 3.8) is 0 Å². The number of alkyl halides is 3. The number of thiazole rings is 2. The van der Waals surface area contributed by atoms with Gasteiger partial charge < -0.3 is 4.90 Å². The largest absolute Gasteiger partial charge is 0.416 e. The molecular formula is C20H18F3N3OS2. The molecule has 152 valence electrons. The summed E-state index contributed by atoms with van der Waals surface area (Å²) in [6.07, 6.45) is -0.666. The van der Waals surface area contributed by atoms with Gasteiger partial charge in [-0.25, -0.2) is 9.97 Å². The van der Waals surface area contributed by atoms with Gasteiger partial charge in [0.25, 0.3) is 5.91 Å². The van der Waals surface area contributed by atoms with Gasteiger partial charge >= 0.3 is 6.18 Å². The Morgan fingerprint density at radius 3 is 2.66 bits per heavy atom. The van der Waals surface area contributed by atoms with Gasteiger partial charge in [0, 0.05) is 36.1 Å². The highest BCUT2D eigenvalue weighted by atomic mass is 32.1. The van der Waals surface area contributed by atoms with Crippen LogP contribution in [0, 0.1) is 6.92 Å². The average Bonchev–Trinajstić information content (AvgIpc) is 3.37. The predicted molar refractivity (Wildman–Crippen MR) is 107 cm³/mol. The molecule has 0 saturated carbocycles. The number of hydrogen-bond acceptors (Lipinski definition) is 5. The van der Waals surface area contributed by atoms with E-state index >= 15 is 0 Å². The number of rotatable bonds is 3. The zero-order chi connectivity index (χ0) is 20.6. The van der Waals surface area contributed by atoms with Crippen molar-refractivity contribution in [2.24, 2.45) is 0 Å². The standard InChI is InChI=1S/C20H18F3N3OS2/c1-12-16(19(27)26-9-2-3-14(11-26)17-24-8-10-28-17)29-18(25-12)13-4-6-15(7-5-13)20(21,22)23/h4-8,10,14H,2-3,9,11H2,1H3. The van der Waals surface area contributed by atoms with Gasteiger partial charge in [-0.05, 0) is 31.9 Å². The first-order valence-corrected chi connectivity index (χ1v) is 10.9. The Hall–Kier alpha value is -2.26. The highest BCUT2D eigenvalue weighted by molar-refractivity contribution is 7.17. The van der Waals surface area contributed by atoms with E-state index < -0.39 is 11.7 Å². The zero-order valence-corrected chi connectivity index (χ0v) is 17.2. The first kappa shape index (κ1) is 20.0. The minimum absolute atomic E-state index is 0.0700. The number of carbonyl (C=O) groups is 1. The van der Waals surface area contributed by atoms with E-state index in [2.05, 4.69) is 9.97 Å². The molecule has 1 aliphatic heterocycles. The van der Waals surface area contributed by atoms with E-state index in [1.807, 2.05) is 10.3 Å². The van der Waals surface area contributed by atoms with Crippen molar-refractivity contribution in [2.75, 3.05) is 13.1 Å². The quantitative estimate of drug-likeness (QED) is 0.535. The molecule has 0 N–H and O–H groups in total. The molecule has 9 heteroatoms. The van der Waals surface area contributed by atoms with Crippen molar-refractivity contribution in [1.29, 1.82) is 0 Å². The molecule has 2 aromatic heterocycles. The number of piperidine rings is 1. The Morgan fingerprint density at radius 2 is 2.00 bits per heavy atom. The molecule has 0 spiro atoms. The normalized spacial score (nSPS) is 17.5. The Labute approximate surface area is 174 Å². The molecule has 1 atom stereocenters. The highest BCUT2D eigenvalue weighted by Gasteiger charge is 2.31. The molecule has 29 heavy (non-hydrogen) atoms. The summed E-state index contributed by atoms with van der Waals surface area (Å²) in [4.78, 5) is 24.3. The van der Waals surface area contributed by atoms with Gasteiger partial charge in [0.15, 0.2) is 0 Å². The second kappa shape index (κ2) is 7.87. The summed E-state index contributed by atoms with van der Waals surface area (Å²) in [5, 5.41) is 3.54. The van der Waals surface area contributed by atoms with Crippen LogP contribution in [0.3, 0.4) is 0 Å². The average molecular weight is 438 g/mol. The lowest BCUT2D eigenvalue weighted by Gasteiger charge is -2.31. The van der Waals surface area contributed by atoms with Crippen LogP contribution in [0.15, 0.2) is 35.8 Å². The van der Waals surface area contributed by atoms with Gasteiger partial charge in [0.2, 0.25) is 0 Å². The second-order valence-corrected chi connectivity index (χ2v) is 8.89. The number of halogens is 3. The van der Waals surface area contributed by atoms with E-state index in [0.717, 1.165) is 30.0 Å². The summed E-state index contributed by atoms with van der Waals surface area (Å²) in [5.41, 5.74) is 0.475. The van der Waals surface area contributed by atoms with E-state index in [-0.39, 0.29) is 11.8 Å². The Bertz CT molecular complexity index is 997. The molecule has 0 aliphatic carbocycles. The zero-order valence-electron chi connectivity index (χ0n) is 15.6. The van der Waals surface area contributed by atoms with Crippen molar-refractivity contribution in [3.05, 3.63) is 57.0 Å². The van der Waals surface area contributed by atoms with E-state index in [1.165, 1.54) is 23.5 Å². The molecule has 1 aliphatic rings. The van der Waals surface area contributed by atoms with Gasteiger partial charge in [-0.1, -0.05) is 12.1 Å². The monoisotopic (exact) mass is 437 g/mol. The molecule has 1 saturated heterocycles. The fourth-order valence-electron chi connectivity index (χ4n) is 3.46. The fraction of sp³-hybridized carbons (Fsp3) is 0.350. The maximum atomic E-state index is 13.1. The van der Waals surface area contributed by atoms with Crippen LogP contribution in [0.1, 0.15) is 44.7 Å². The van der Waals surface area contributed by atoms with Crippen molar-refractivity contribution in [1.82, 2.24) is 14.9 Å². The summed E-state index contributed by atoms with van der Waals surface area (Å²) in [6.45, 7) is 3.08. The minimum Gasteiger partial charge on any atom is -0.337 e. The summed E-state index contributed by atoms with van der Waals surface area (Å²) in [7, 11) is 0. The van der Waals surface area contributed by atoms with Crippen LogP contribution in [0.25, 0.3) is 10.6 Å². The van der Waals surface area contributed by atoms with Crippen LogP contribution in [0.2, 0.25) is 0 Å². The third-order valence-corrected chi connectivity index (χ3v) is 7.09. The molecule has 1 fully saturated rings. The van der Waals surface area contributed by atoms with E-state index in [0.29, 0.717) is 34.2 Å². The lowest BCUT2D eigenvalue weighted by Crippen LogP contribution is -2.39. The second-order valence-electron chi connectivity index (χ2n) is 6.97. The maximum Gasteiger partial charge on any atom is 0.416 e. The first-order valence-electron chi connectivity index (χ1n) is 9.16. The number of hydrogen-bond donors (Lipinski definition) is 0. The lowest BCUT2D eigenvalue weighted by molar-refractivity contribution is -0.137. The Morgan fingerprint density at radius 1 is 1.24 bits per heavy atom. The van der Waals surface area contributed by atoms with Crippen LogP contribution >= 0.6 is 22.7 Å². The third-order valence-electron chi connectivity index (χ3n) is 4.96. The molecule has 4 nitrogen and oxygen atoms in total. The number of likely N-dealkylation sites (tertiary alicyclic amines) is 1. The number of aromatic nitrogens is 2. The van der Waals surface area contributed by atoms with Crippen molar-refractivity contribution in [2.45, 2.75) is 31.9 Å². The molecule has 3 aromatic rings. The van der Waals surface area contributed by atoms with Gasteiger partial charge in [-0.2, -0.15) is 13.2 Å². The van der Waals surface area contributed by atoms with Gasteiger partial charge in [-0.15, -0.1) is 22.7 Å². The fourth-order valence-corrected chi connectivity index (χ4v) is 5.27. The molecular weight excluding hydrogens is 419 g/mol. The lowest BCUT2D eigenvalue weighted by atomic mass is 9.98. The smallest absolute Gasteiger partial charge is 0.337 e. The summed E-state index contributed by atoms with van der Waals surface area (Å²) >= 11 is 2.84. The van der Waals surface area contributed by atoms with Gasteiger partial charge in [0.05, 0.1) is 16.3 Å². The molecule has 0 radical (unpaired) electrons. The number of nitrogens with zero attached hydrogens (tertiary/aromatic N) is 3. The number of benzene rings is 1. The van der Waals surface area contributed by atoms with Crippen molar-refractivity contribution >= 4 is 28.6 Å². The maximum absolute atomic E-state index is 13.1. The van der Waals surface area contributed by atoms with Crippen LogP contribution in [0.4, 0.5) is 13.2 Å². The summed E-state index contributed by atoms with van der Waals surface area (Å²) in [5.74, 6) is 0.176. The van der Waals surface area contributed by atoms with Crippen LogP contribution in [0.5, 0.6) is 0 Å². The molecule has 1 aromatic carbocycles. The molecule has 3 heterocycles. The highest BCUT2D eigenvalue weighted by Crippen LogP contribution is 2.34. The SMILES string of the molecule is Cc1nc(-c2ccc(C(F)(F)F)cc2)sc1C(=O)N1CCCC(c2nccs2)C1. The van der Waals surface area contributed by atoms with Crippen LogP contribution in [-0.4, -0.2) is 33.9 Å². The van der Waals surface area contributed by atoms with Crippen molar-refractivity contribution in [3.8, 4) is 10.6 Å². The molecule has 1 unspecified atom stereocenters. The number of carbonyl (C=O) groups excluding carboxylic acids is 1. The topological polar surface area (TPSA) is 46.1 Å². The van der Waals surface area contributed by atoms with E-state index in [9.17, 15) is 18.0 Å². The van der Waals surface area contributed by atoms with Crippen LogP contribution in [-0.2, 0) is 6.18 Å². The molecule has 0 bridgehead atoms. The summed E-state index contributed by atoms with van der Waals surface area (Å²) in [6, 6.07) is 4.87. The molecule has 1 amide bonds. The first-order chi connectivity index (χ1) is 13.8. The Kier molecular flexibility index (Phi) is 5.44. The predicted octanol–water partition coefficient (Wildman–Crippen LogP) is 5.61. The molecule has 4 rings (SSSR count). The minimum atomic E-state index is -4.37.